The molecule has 0 spiro atoms. The second-order valence-corrected chi connectivity index (χ2v) is 9.90. The summed E-state index contributed by atoms with van der Waals surface area (Å²) in [4.78, 5) is 33.4. The lowest BCUT2D eigenvalue weighted by Crippen LogP contribution is -2.40. The number of nitro benzene ring substituents is 1. The van der Waals surface area contributed by atoms with E-state index in [4.69, 9.17) is 14.2 Å². The molecular weight excluding hydrogens is 508 g/mol. The number of nitro groups is 1. The van der Waals surface area contributed by atoms with Crippen molar-refractivity contribution in [3.8, 4) is 5.75 Å². The summed E-state index contributed by atoms with van der Waals surface area (Å²) in [5.41, 5.74) is 3.51. The second-order valence-electron chi connectivity index (χ2n) is 7.96. The van der Waals surface area contributed by atoms with Crippen molar-refractivity contribution >= 4 is 39.0 Å². The van der Waals surface area contributed by atoms with Crippen LogP contribution in [-0.4, -0.2) is 61.6 Å². The first kappa shape index (κ1) is 27.7. The Labute approximate surface area is 213 Å². The van der Waals surface area contributed by atoms with Crippen molar-refractivity contribution in [3.63, 3.8) is 0 Å². The van der Waals surface area contributed by atoms with Crippen LogP contribution in [0.4, 0.5) is 11.4 Å². The molecular formula is C23H26N4O9S. The summed E-state index contributed by atoms with van der Waals surface area (Å²) in [6.45, 7) is 4.80. The highest BCUT2D eigenvalue weighted by molar-refractivity contribution is 7.89. The highest BCUT2D eigenvalue weighted by Gasteiger charge is 2.29. The molecule has 1 aliphatic heterocycles. The predicted octanol–water partition coefficient (Wildman–Crippen LogP) is 2.44. The highest BCUT2D eigenvalue weighted by atomic mass is 32.2. The maximum atomic E-state index is 12.9. The molecule has 1 N–H and O–H groups in total. The van der Waals surface area contributed by atoms with Gasteiger partial charge < -0.3 is 14.2 Å². The molecule has 13 nitrogen and oxygen atoms in total. The molecule has 0 unspecified atom stereocenters. The van der Waals surface area contributed by atoms with Gasteiger partial charge in [-0.25, -0.2) is 8.42 Å². The van der Waals surface area contributed by atoms with E-state index in [1.165, 1.54) is 36.4 Å². The first-order chi connectivity index (χ1) is 17.5. The van der Waals surface area contributed by atoms with Crippen LogP contribution in [0.2, 0.25) is 0 Å². The van der Waals surface area contributed by atoms with E-state index in [1.807, 2.05) is 0 Å². The van der Waals surface area contributed by atoms with E-state index in [9.17, 15) is 28.1 Å². The fourth-order valence-electron chi connectivity index (χ4n) is 3.41. The molecule has 1 saturated heterocycles. The molecule has 2 aromatic rings. The third-order valence-electron chi connectivity index (χ3n) is 5.28. The van der Waals surface area contributed by atoms with E-state index in [1.54, 1.807) is 19.1 Å². The lowest BCUT2D eigenvalue weighted by molar-refractivity contribution is -0.384. The number of hydrogen-bond donors (Lipinski definition) is 1. The van der Waals surface area contributed by atoms with Gasteiger partial charge in [-0.3, -0.25) is 25.1 Å². The smallest absolute Gasteiger partial charge is 0.308 e. The van der Waals surface area contributed by atoms with Gasteiger partial charge in [0.1, 0.15) is 18.0 Å². The Kier molecular flexibility index (Phi) is 8.91. The first-order valence-corrected chi connectivity index (χ1v) is 12.5. The highest BCUT2D eigenvalue weighted by Crippen LogP contribution is 2.30. The van der Waals surface area contributed by atoms with E-state index in [0.29, 0.717) is 16.8 Å². The number of hydrazone groups is 1. The number of anilines is 1. The van der Waals surface area contributed by atoms with E-state index in [-0.39, 0.29) is 49.2 Å². The molecule has 0 amide bonds. The summed E-state index contributed by atoms with van der Waals surface area (Å²) in [5, 5.41) is 15.9. The zero-order valence-corrected chi connectivity index (χ0v) is 21.2. The quantitative estimate of drug-likeness (QED) is 0.166. The molecule has 0 atom stereocenters. The topological polar surface area (TPSA) is 167 Å². The zero-order chi connectivity index (χ0) is 27.2. The molecule has 1 heterocycles. The van der Waals surface area contributed by atoms with Crippen molar-refractivity contribution in [1.82, 2.24) is 4.31 Å². The van der Waals surface area contributed by atoms with Gasteiger partial charge in [0.05, 0.1) is 28.7 Å². The molecule has 1 aliphatic rings. The number of esters is 2. The number of nitrogens with zero attached hydrogens (tertiary/aromatic N) is 3. The number of ether oxygens (including phenoxy) is 3. The summed E-state index contributed by atoms with van der Waals surface area (Å²) in [6, 6.07) is 8.27. The van der Waals surface area contributed by atoms with Crippen LogP contribution in [0.25, 0.3) is 0 Å². The minimum absolute atomic E-state index is 0.0121. The Morgan fingerprint density at radius 1 is 1.11 bits per heavy atom. The second kappa shape index (κ2) is 11.9. The molecule has 0 radical (unpaired) electrons. The average Bonchev–Trinajstić information content (AvgIpc) is 2.86. The molecule has 198 valence electrons. The molecule has 14 heteroatoms. The van der Waals surface area contributed by atoms with Crippen LogP contribution >= 0.6 is 0 Å². The molecule has 2 aromatic carbocycles. The minimum atomic E-state index is -3.92. The summed E-state index contributed by atoms with van der Waals surface area (Å²) in [6.07, 6.45) is 0. The van der Waals surface area contributed by atoms with Crippen LogP contribution in [0.1, 0.15) is 31.9 Å². The number of hydrogen-bond acceptors (Lipinski definition) is 11. The maximum Gasteiger partial charge on any atom is 0.308 e. The van der Waals surface area contributed by atoms with Gasteiger partial charge in [0, 0.05) is 38.6 Å². The van der Waals surface area contributed by atoms with Crippen molar-refractivity contribution in [3.05, 3.63) is 57.6 Å². The van der Waals surface area contributed by atoms with Crippen LogP contribution in [0.3, 0.4) is 0 Å². The molecule has 0 bridgehead atoms. The average molecular weight is 535 g/mol. The Bertz CT molecular complexity index is 1340. The van der Waals surface area contributed by atoms with Gasteiger partial charge in [0.15, 0.2) is 0 Å². The van der Waals surface area contributed by atoms with E-state index >= 15 is 0 Å². The van der Waals surface area contributed by atoms with Gasteiger partial charge in [0.2, 0.25) is 10.0 Å². The van der Waals surface area contributed by atoms with Crippen LogP contribution < -0.4 is 10.2 Å². The number of morpholine rings is 1. The number of rotatable bonds is 9. The van der Waals surface area contributed by atoms with Gasteiger partial charge in [-0.15, -0.1) is 0 Å². The number of nitrogens with one attached hydrogen (secondary N) is 1. The van der Waals surface area contributed by atoms with Gasteiger partial charge in [-0.05, 0) is 42.8 Å². The van der Waals surface area contributed by atoms with Crippen molar-refractivity contribution in [2.75, 3.05) is 31.7 Å². The van der Waals surface area contributed by atoms with Gasteiger partial charge in [-0.2, -0.15) is 9.41 Å². The SMILES string of the molecule is CC(=O)OCc1cc(/C(C)=N/Nc2ccc(S(=O)(=O)N3CCOCC3)cc2[N+](=O)[O-])ccc1OC(C)=O. The van der Waals surface area contributed by atoms with Crippen LogP contribution in [0, 0.1) is 10.1 Å². The van der Waals surface area contributed by atoms with Crippen molar-refractivity contribution < 1.29 is 37.1 Å². The third kappa shape index (κ3) is 7.09. The third-order valence-corrected chi connectivity index (χ3v) is 7.18. The molecule has 37 heavy (non-hydrogen) atoms. The van der Waals surface area contributed by atoms with Crippen molar-refractivity contribution in [2.45, 2.75) is 32.3 Å². The van der Waals surface area contributed by atoms with Gasteiger partial charge in [0.25, 0.3) is 5.69 Å². The molecule has 1 fully saturated rings. The Morgan fingerprint density at radius 3 is 2.43 bits per heavy atom. The number of sulfonamides is 1. The summed E-state index contributed by atoms with van der Waals surface area (Å²) >= 11 is 0. The molecule has 0 saturated carbocycles. The number of carbonyl (C=O) groups is 2. The number of benzene rings is 2. The van der Waals surface area contributed by atoms with E-state index in [0.717, 1.165) is 6.07 Å². The standard InChI is InChI=1S/C23H26N4O9S/c1-15(18-4-7-23(36-17(3)29)19(12-18)14-35-16(2)28)24-25-21-6-5-20(13-22(21)27(30)31)37(32,33)26-8-10-34-11-9-26/h4-7,12-13,25H,8-11,14H2,1-3H3/b24-15+. The largest absolute Gasteiger partial charge is 0.461 e. The van der Waals surface area contributed by atoms with Gasteiger partial charge in [-0.1, -0.05) is 0 Å². The van der Waals surface area contributed by atoms with Crippen LogP contribution in [-0.2, 0) is 35.7 Å². The van der Waals surface area contributed by atoms with Crippen molar-refractivity contribution in [2.24, 2.45) is 5.10 Å². The van der Waals surface area contributed by atoms with E-state index in [2.05, 4.69) is 10.5 Å². The Morgan fingerprint density at radius 2 is 1.81 bits per heavy atom. The lowest BCUT2D eigenvalue weighted by Gasteiger charge is -2.26. The minimum Gasteiger partial charge on any atom is -0.461 e. The normalized spacial score (nSPS) is 14.6. The van der Waals surface area contributed by atoms with E-state index < -0.39 is 32.6 Å². The number of carbonyl (C=O) groups excluding carboxylic acids is 2. The Balaban J connectivity index is 1.87. The van der Waals surface area contributed by atoms with Gasteiger partial charge >= 0.3 is 11.9 Å². The molecule has 0 aliphatic carbocycles. The monoisotopic (exact) mass is 534 g/mol. The molecule has 0 aromatic heterocycles. The van der Waals surface area contributed by atoms with Crippen LogP contribution in [0.15, 0.2) is 46.4 Å². The predicted molar refractivity (Wildman–Crippen MR) is 132 cm³/mol. The summed E-state index contributed by atoms with van der Waals surface area (Å²) in [7, 11) is -3.92. The zero-order valence-electron chi connectivity index (χ0n) is 20.4. The maximum absolute atomic E-state index is 12.9. The lowest BCUT2D eigenvalue weighted by atomic mass is 10.1. The van der Waals surface area contributed by atoms with Crippen molar-refractivity contribution in [1.29, 1.82) is 0 Å². The Hall–Kier alpha value is -3.88. The van der Waals surface area contributed by atoms with Crippen LogP contribution in [0.5, 0.6) is 5.75 Å². The summed E-state index contributed by atoms with van der Waals surface area (Å²) in [5.74, 6) is -0.848. The molecule has 3 rings (SSSR count). The fraction of sp³-hybridized carbons (Fsp3) is 0.348. The fourth-order valence-corrected chi connectivity index (χ4v) is 4.84. The summed E-state index contributed by atoms with van der Waals surface area (Å²) < 4.78 is 42.3. The first-order valence-electron chi connectivity index (χ1n) is 11.1.